The molecule has 3 amide bonds. The van der Waals surface area contributed by atoms with Gasteiger partial charge in [-0.2, -0.15) is 0 Å². The molecule has 0 saturated heterocycles. The lowest BCUT2D eigenvalue weighted by Gasteiger charge is -2.08. The van der Waals surface area contributed by atoms with Crippen molar-refractivity contribution in [2.45, 2.75) is 0 Å². The summed E-state index contributed by atoms with van der Waals surface area (Å²) >= 11 is 0. The maximum atomic E-state index is 12.6. The first-order valence-electron chi connectivity index (χ1n) is 8.06. The molecule has 0 saturated carbocycles. The maximum Gasteiger partial charge on any atom is 0.261 e. The van der Waals surface area contributed by atoms with Crippen molar-refractivity contribution in [3.63, 3.8) is 0 Å². The van der Waals surface area contributed by atoms with Crippen molar-refractivity contribution >= 4 is 23.4 Å². The molecule has 0 atom stereocenters. The van der Waals surface area contributed by atoms with Gasteiger partial charge in [-0.05, 0) is 48.5 Å². The van der Waals surface area contributed by atoms with Crippen molar-refractivity contribution in [1.82, 2.24) is 9.47 Å². The molecule has 6 heteroatoms. The first kappa shape index (κ1) is 15.8. The lowest BCUT2D eigenvalue weighted by Crippen LogP contribution is -2.24. The summed E-state index contributed by atoms with van der Waals surface area (Å²) in [6, 6.07) is 15.8. The molecular weight excluding hydrogens is 330 g/mol. The third-order valence-corrected chi connectivity index (χ3v) is 4.36. The van der Waals surface area contributed by atoms with Crippen molar-refractivity contribution in [2.24, 2.45) is 0 Å². The van der Waals surface area contributed by atoms with Crippen molar-refractivity contribution < 1.29 is 14.4 Å². The second kappa shape index (κ2) is 6.00. The van der Waals surface area contributed by atoms with Gasteiger partial charge in [-0.3, -0.25) is 19.3 Å². The van der Waals surface area contributed by atoms with E-state index in [1.165, 1.54) is 13.1 Å². The minimum absolute atomic E-state index is 0.288. The summed E-state index contributed by atoms with van der Waals surface area (Å²) in [6.07, 6.45) is 3.80. The van der Waals surface area contributed by atoms with Gasteiger partial charge in [0.05, 0.1) is 11.1 Å². The standard InChI is InChI=1S/C20H15N3O3/c1-22-19(25)16-8-7-14(12-17(16)20(22)26)21-18(24)13-5-4-6-15(11-13)23-9-2-3-10-23/h2-12H,1H3,(H,21,24). The Balaban J connectivity index is 1.59. The normalized spacial score (nSPS) is 13.0. The van der Waals surface area contributed by atoms with E-state index in [0.29, 0.717) is 22.4 Å². The number of amides is 3. The SMILES string of the molecule is CN1C(=O)c2ccc(NC(=O)c3cccc(-n4cccc4)c3)cc2C1=O. The molecule has 1 aliphatic heterocycles. The van der Waals surface area contributed by atoms with E-state index in [-0.39, 0.29) is 17.7 Å². The van der Waals surface area contributed by atoms with Crippen LogP contribution in [0.4, 0.5) is 5.69 Å². The van der Waals surface area contributed by atoms with E-state index in [0.717, 1.165) is 10.6 Å². The number of hydrogen-bond acceptors (Lipinski definition) is 3. The molecule has 3 aromatic rings. The molecule has 128 valence electrons. The van der Waals surface area contributed by atoms with Crippen molar-refractivity contribution in [3.8, 4) is 5.69 Å². The summed E-state index contributed by atoms with van der Waals surface area (Å²) in [6.45, 7) is 0. The van der Waals surface area contributed by atoms with Crippen LogP contribution in [0.3, 0.4) is 0 Å². The number of anilines is 1. The van der Waals surface area contributed by atoms with Gasteiger partial charge in [-0.15, -0.1) is 0 Å². The molecule has 0 aliphatic carbocycles. The van der Waals surface area contributed by atoms with E-state index < -0.39 is 0 Å². The monoisotopic (exact) mass is 345 g/mol. The summed E-state index contributed by atoms with van der Waals surface area (Å²) in [7, 11) is 1.44. The fourth-order valence-electron chi connectivity index (χ4n) is 2.96. The van der Waals surface area contributed by atoms with Gasteiger partial charge in [0, 0.05) is 36.4 Å². The van der Waals surface area contributed by atoms with Crippen LogP contribution in [0.1, 0.15) is 31.1 Å². The van der Waals surface area contributed by atoms with Crippen LogP contribution < -0.4 is 5.32 Å². The van der Waals surface area contributed by atoms with Gasteiger partial charge in [-0.25, -0.2) is 0 Å². The third-order valence-electron chi connectivity index (χ3n) is 4.36. The fourth-order valence-corrected chi connectivity index (χ4v) is 2.96. The average molecular weight is 345 g/mol. The predicted molar refractivity (Wildman–Crippen MR) is 96.6 cm³/mol. The van der Waals surface area contributed by atoms with E-state index in [9.17, 15) is 14.4 Å². The molecule has 6 nitrogen and oxygen atoms in total. The second-order valence-electron chi connectivity index (χ2n) is 6.02. The number of aromatic nitrogens is 1. The molecule has 4 rings (SSSR count). The van der Waals surface area contributed by atoms with Gasteiger partial charge in [0.1, 0.15) is 0 Å². The highest BCUT2D eigenvalue weighted by molar-refractivity contribution is 6.21. The van der Waals surface area contributed by atoms with Gasteiger partial charge in [0.25, 0.3) is 17.7 Å². The number of imide groups is 1. The van der Waals surface area contributed by atoms with Crippen LogP contribution in [0.2, 0.25) is 0 Å². The predicted octanol–water partition coefficient (Wildman–Crippen LogP) is 2.96. The van der Waals surface area contributed by atoms with Gasteiger partial charge in [0.15, 0.2) is 0 Å². The number of rotatable bonds is 3. The lowest BCUT2D eigenvalue weighted by atomic mass is 10.1. The number of fused-ring (bicyclic) bond motifs is 1. The first-order chi connectivity index (χ1) is 12.5. The zero-order chi connectivity index (χ0) is 18.3. The number of nitrogens with one attached hydrogen (secondary N) is 1. The van der Waals surface area contributed by atoms with Crippen molar-refractivity contribution in [2.75, 3.05) is 12.4 Å². The van der Waals surface area contributed by atoms with Crippen LogP contribution >= 0.6 is 0 Å². The zero-order valence-electron chi connectivity index (χ0n) is 14.0. The Bertz CT molecular complexity index is 1040. The van der Waals surface area contributed by atoms with Crippen LogP contribution in [0.25, 0.3) is 5.69 Å². The Labute approximate surface area is 149 Å². The zero-order valence-corrected chi connectivity index (χ0v) is 14.0. The smallest absolute Gasteiger partial charge is 0.261 e. The van der Waals surface area contributed by atoms with Gasteiger partial charge in [-0.1, -0.05) is 6.07 Å². The van der Waals surface area contributed by atoms with Crippen LogP contribution in [0, 0.1) is 0 Å². The molecule has 1 aliphatic rings. The topological polar surface area (TPSA) is 71.4 Å². The average Bonchev–Trinajstić information content (AvgIpc) is 3.27. The molecular formula is C20H15N3O3. The molecule has 0 spiro atoms. The Morgan fingerprint density at radius 3 is 2.38 bits per heavy atom. The number of carbonyl (C=O) groups excluding carboxylic acids is 3. The summed E-state index contributed by atoms with van der Waals surface area (Å²) in [5, 5.41) is 2.78. The molecule has 2 aromatic carbocycles. The summed E-state index contributed by atoms with van der Waals surface area (Å²) < 4.78 is 1.91. The largest absolute Gasteiger partial charge is 0.324 e. The van der Waals surface area contributed by atoms with E-state index in [1.54, 1.807) is 24.3 Å². The van der Waals surface area contributed by atoms with Crippen LogP contribution in [-0.4, -0.2) is 34.2 Å². The van der Waals surface area contributed by atoms with E-state index in [4.69, 9.17) is 0 Å². The Morgan fingerprint density at radius 2 is 1.62 bits per heavy atom. The lowest BCUT2D eigenvalue weighted by molar-refractivity contribution is 0.0692. The highest BCUT2D eigenvalue weighted by atomic mass is 16.2. The van der Waals surface area contributed by atoms with E-state index >= 15 is 0 Å². The molecule has 2 heterocycles. The van der Waals surface area contributed by atoms with E-state index in [1.807, 2.05) is 41.2 Å². The number of benzene rings is 2. The summed E-state index contributed by atoms with van der Waals surface area (Å²) in [4.78, 5) is 37.6. The molecule has 1 N–H and O–H groups in total. The number of hydrogen-bond donors (Lipinski definition) is 1. The molecule has 0 bridgehead atoms. The van der Waals surface area contributed by atoms with Crippen LogP contribution in [0.15, 0.2) is 67.0 Å². The molecule has 0 unspecified atom stereocenters. The van der Waals surface area contributed by atoms with Gasteiger partial charge in [0.2, 0.25) is 0 Å². The van der Waals surface area contributed by atoms with Gasteiger partial charge >= 0.3 is 0 Å². The minimum atomic E-state index is -0.365. The Morgan fingerprint density at radius 1 is 0.885 bits per heavy atom. The summed E-state index contributed by atoms with van der Waals surface area (Å²) in [5.74, 6) is -0.984. The highest BCUT2D eigenvalue weighted by Crippen LogP contribution is 2.25. The van der Waals surface area contributed by atoms with Crippen LogP contribution in [0.5, 0.6) is 0 Å². The number of carbonyl (C=O) groups is 3. The summed E-state index contributed by atoms with van der Waals surface area (Å²) in [5.41, 5.74) is 2.49. The fraction of sp³-hybridized carbons (Fsp3) is 0.0500. The van der Waals surface area contributed by atoms with Crippen molar-refractivity contribution in [1.29, 1.82) is 0 Å². The quantitative estimate of drug-likeness (QED) is 0.742. The second-order valence-corrected chi connectivity index (χ2v) is 6.02. The Kier molecular flexibility index (Phi) is 3.65. The first-order valence-corrected chi connectivity index (χ1v) is 8.06. The van der Waals surface area contributed by atoms with Crippen molar-refractivity contribution in [3.05, 3.63) is 83.7 Å². The Hall–Kier alpha value is -3.67. The van der Waals surface area contributed by atoms with Gasteiger partial charge < -0.3 is 9.88 Å². The number of nitrogens with zero attached hydrogens (tertiary/aromatic N) is 2. The minimum Gasteiger partial charge on any atom is -0.324 e. The third kappa shape index (κ3) is 2.57. The molecule has 26 heavy (non-hydrogen) atoms. The van der Waals surface area contributed by atoms with Crippen LogP contribution in [-0.2, 0) is 0 Å². The maximum absolute atomic E-state index is 12.6. The highest BCUT2D eigenvalue weighted by Gasteiger charge is 2.32. The molecule has 0 fully saturated rings. The van der Waals surface area contributed by atoms with E-state index in [2.05, 4.69) is 5.32 Å². The molecule has 1 aromatic heterocycles. The molecule has 0 radical (unpaired) electrons.